The molecule has 3 aliphatic rings. The van der Waals surface area contributed by atoms with Crippen LogP contribution in [0.4, 0.5) is 14.5 Å². The standard InChI is InChI=1S/C24H37F2N5O.HI/c1-27-23(29-18-24(8-3-2-4-9-24)31-11-13-32-14-12-31)28-16-19-7-10-30(17-19)20-5-6-21(25)22(26)15-20;/h5-6,15,19H,2-4,7-14,16-18H2,1H3,(H2,27,28,29);1H. The molecule has 1 aliphatic carbocycles. The summed E-state index contributed by atoms with van der Waals surface area (Å²) < 4.78 is 32.4. The molecule has 4 rings (SSSR count). The third kappa shape index (κ3) is 6.69. The summed E-state index contributed by atoms with van der Waals surface area (Å²) in [7, 11) is 1.82. The van der Waals surface area contributed by atoms with E-state index in [1.165, 1.54) is 44.2 Å². The van der Waals surface area contributed by atoms with Gasteiger partial charge in [-0.15, -0.1) is 24.0 Å². The van der Waals surface area contributed by atoms with Crippen LogP contribution in [0.15, 0.2) is 23.2 Å². The zero-order valence-corrected chi connectivity index (χ0v) is 22.0. The highest BCUT2D eigenvalue weighted by molar-refractivity contribution is 14.0. The van der Waals surface area contributed by atoms with Crippen LogP contribution in [-0.2, 0) is 4.74 Å². The fraction of sp³-hybridized carbons (Fsp3) is 0.708. The highest BCUT2D eigenvalue weighted by atomic mass is 127. The molecule has 1 atom stereocenters. The first-order valence-electron chi connectivity index (χ1n) is 12.1. The summed E-state index contributed by atoms with van der Waals surface area (Å²) >= 11 is 0. The van der Waals surface area contributed by atoms with E-state index in [0.717, 1.165) is 70.6 Å². The Morgan fingerprint density at radius 1 is 1.09 bits per heavy atom. The fourth-order valence-corrected chi connectivity index (χ4v) is 5.48. The van der Waals surface area contributed by atoms with Gasteiger partial charge in [-0.3, -0.25) is 9.89 Å². The van der Waals surface area contributed by atoms with E-state index in [-0.39, 0.29) is 29.5 Å². The van der Waals surface area contributed by atoms with E-state index in [1.54, 1.807) is 6.07 Å². The smallest absolute Gasteiger partial charge is 0.191 e. The van der Waals surface area contributed by atoms with Crippen LogP contribution in [0, 0.1) is 17.6 Å². The monoisotopic (exact) mass is 577 g/mol. The maximum Gasteiger partial charge on any atom is 0.191 e. The van der Waals surface area contributed by atoms with Crippen molar-refractivity contribution in [2.75, 3.05) is 64.4 Å². The van der Waals surface area contributed by atoms with Crippen molar-refractivity contribution in [3.8, 4) is 0 Å². The van der Waals surface area contributed by atoms with E-state index in [4.69, 9.17) is 4.74 Å². The number of hydrogen-bond donors (Lipinski definition) is 2. The van der Waals surface area contributed by atoms with Crippen LogP contribution in [0.1, 0.15) is 38.5 Å². The molecule has 2 N–H and O–H groups in total. The molecule has 0 aromatic heterocycles. The van der Waals surface area contributed by atoms with E-state index in [1.807, 2.05) is 7.05 Å². The predicted molar refractivity (Wildman–Crippen MR) is 140 cm³/mol. The second-order valence-electron chi connectivity index (χ2n) is 9.39. The largest absolute Gasteiger partial charge is 0.379 e. The molecule has 0 bridgehead atoms. The van der Waals surface area contributed by atoms with Crippen molar-refractivity contribution in [1.29, 1.82) is 0 Å². The Balaban J connectivity index is 0.00000306. The van der Waals surface area contributed by atoms with E-state index in [9.17, 15) is 8.78 Å². The molecule has 2 heterocycles. The average Bonchev–Trinajstić information content (AvgIpc) is 3.31. The summed E-state index contributed by atoms with van der Waals surface area (Å²) in [5.41, 5.74) is 0.940. The lowest BCUT2D eigenvalue weighted by molar-refractivity contribution is -0.0352. The Labute approximate surface area is 213 Å². The first-order chi connectivity index (χ1) is 15.6. The molecule has 2 saturated heterocycles. The lowest BCUT2D eigenvalue weighted by Crippen LogP contribution is -2.60. The summed E-state index contributed by atoms with van der Waals surface area (Å²) in [4.78, 5) is 9.21. The van der Waals surface area contributed by atoms with Gasteiger partial charge >= 0.3 is 0 Å². The number of guanidine groups is 1. The summed E-state index contributed by atoms with van der Waals surface area (Å²) in [6.45, 7) is 7.06. The Bertz CT molecular complexity index is 784. The van der Waals surface area contributed by atoms with Crippen LogP contribution >= 0.6 is 24.0 Å². The molecular weight excluding hydrogens is 539 g/mol. The number of benzene rings is 1. The molecule has 0 amide bonds. The minimum atomic E-state index is -0.797. The molecule has 0 radical (unpaired) electrons. The van der Waals surface area contributed by atoms with Crippen LogP contribution < -0.4 is 15.5 Å². The predicted octanol–water partition coefficient (Wildman–Crippen LogP) is 3.61. The molecule has 2 aliphatic heterocycles. The number of aliphatic imine (C=N–C) groups is 1. The number of halogens is 3. The quantitative estimate of drug-likeness (QED) is 0.308. The number of morpholine rings is 1. The number of nitrogens with one attached hydrogen (secondary N) is 2. The Kier molecular flexibility index (Phi) is 9.99. The van der Waals surface area contributed by atoms with Gasteiger partial charge < -0.3 is 20.3 Å². The van der Waals surface area contributed by atoms with Crippen molar-refractivity contribution >= 4 is 35.6 Å². The SMILES string of the molecule is CN=C(NCC1CCN(c2ccc(F)c(F)c2)C1)NCC1(N2CCOCC2)CCCCC1.I. The van der Waals surface area contributed by atoms with Crippen LogP contribution in [-0.4, -0.2) is 75.9 Å². The van der Waals surface area contributed by atoms with Gasteiger partial charge in [-0.25, -0.2) is 8.78 Å². The summed E-state index contributed by atoms with van der Waals surface area (Å²) in [5, 5.41) is 7.11. The van der Waals surface area contributed by atoms with Gasteiger partial charge in [0.05, 0.1) is 13.2 Å². The minimum Gasteiger partial charge on any atom is -0.379 e. The van der Waals surface area contributed by atoms with Gasteiger partial charge in [0.1, 0.15) is 0 Å². The molecule has 1 aromatic rings. The van der Waals surface area contributed by atoms with Gasteiger partial charge in [0, 0.05) is 63.6 Å². The highest BCUT2D eigenvalue weighted by Gasteiger charge is 2.38. The van der Waals surface area contributed by atoms with Crippen molar-refractivity contribution in [1.82, 2.24) is 15.5 Å². The molecule has 186 valence electrons. The number of rotatable bonds is 6. The molecular formula is C24H38F2IN5O. The van der Waals surface area contributed by atoms with Crippen molar-refractivity contribution in [2.24, 2.45) is 10.9 Å². The van der Waals surface area contributed by atoms with E-state index >= 15 is 0 Å². The van der Waals surface area contributed by atoms with E-state index < -0.39 is 11.6 Å². The average molecular weight is 578 g/mol. The summed E-state index contributed by atoms with van der Waals surface area (Å²) in [6, 6.07) is 4.16. The van der Waals surface area contributed by atoms with Gasteiger partial charge in [0.15, 0.2) is 17.6 Å². The lowest BCUT2D eigenvalue weighted by atomic mass is 9.80. The second-order valence-corrected chi connectivity index (χ2v) is 9.39. The van der Waals surface area contributed by atoms with Gasteiger partial charge in [0.2, 0.25) is 0 Å². The lowest BCUT2D eigenvalue weighted by Gasteiger charge is -2.48. The van der Waals surface area contributed by atoms with Gasteiger partial charge in [0.25, 0.3) is 0 Å². The summed E-state index contributed by atoms with van der Waals surface area (Å²) in [6.07, 6.45) is 7.36. The topological polar surface area (TPSA) is 52.1 Å². The molecule has 9 heteroatoms. The zero-order chi connectivity index (χ0) is 22.4. The van der Waals surface area contributed by atoms with Crippen LogP contribution in [0.25, 0.3) is 0 Å². The Morgan fingerprint density at radius 2 is 1.85 bits per heavy atom. The number of nitrogens with zero attached hydrogens (tertiary/aromatic N) is 3. The van der Waals surface area contributed by atoms with Gasteiger partial charge in [-0.05, 0) is 37.3 Å². The van der Waals surface area contributed by atoms with Crippen LogP contribution in [0.5, 0.6) is 0 Å². The van der Waals surface area contributed by atoms with E-state index in [2.05, 4.69) is 25.4 Å². The molecule has 3 fully saturated rings. The van der Waals surface area contributed by atoms with Crippen molar-refractivity contribution < 1.29 is 13.5 Å². The highest BCUT2D eigenvalue weighted by Crippen LogP contribution is 2.34. The van der Waals surface area contributed by atoms with Crippen LogP contribution in [0.3, 0.4) is 0 Å². The van der Waals surface area contributed by atoms with Crippen LogP contribution in [0.2, 0.25) is 0 Å². The molecule has 33 heavy (non-hydrogen) atoms. The molecule has 1 saturated carbocycles. The fourth-order valence-electron chi connectivity index (χ4n) is 5.48. The third-order valence-electron chi connectivity index (χ3n) is 7.39. The first kappa shape index (κ1) is 26.4. The zero-order valence-electron chi connectivity index (χ0n) is 19.6. The van der Waals surface area contributed by atoms with Crippen molar-refractivity contribution in [2.45, 2.75) is 44.1 Å². The second kappa shape index (κ2) is 12.5. The van der Waals surface area contributed by atoms with Gasteiger partial charge in [-0.1, -0.05) is 19.3 Å². The van der Waals surface area contributed by atoms with Gasteiger partial charge in [-0.2, -0.15) is 0 Å². The third-order valence-corrected chi connectivity index (χ3v) is 7.39. The Morgan fingerprint density at radius 3 is 2.55 bits per heavy atom. The maximum absolute atomic E-state index is 13.6. The first-order valence-corrected chi connectivity index (χ1v) is 12.1. The van der Waals surface area contributed by atoms with Crippen molar-refractivity contribution in [3.63, 3.8) is 0 Å². The van der Waals surface area contributed by atoms with E-state index in [0.29, 0.717) is 5.92 Å². The normalized spacial score (nSPS) is 23.8. The minimum absolute atomic E-state index is 0. The van der Waals surface area contributed by atoms with Crippen molar-refractivity contribution in [3.05, 3.63) is 29.8 Å². The molecule has 1 aromatic carbocycles. The number of ether oxygens (including phenoxy) is 1. The molecule has 1 unspecified atom stereocenters. The summed E-state index contributed by atoms with van der Waals surface area (Å²) in [5.74, 6) is -0.307. The number of anilines is 1. The molecule has 0 spiro atoms. The number of hydrogen-bond acceptors (Lipinski definition) is 4. The Hall–Kier alpha value is -1.20. The maximum atomic E-state index is 13.6. The molecule has 6 nitrogen and oxygen atoms in total.